The number of alkyl halides is 3. The van der Waals surface area contributed by atoms with E-state index >= 15 is 0 Å². The molecule has 0 atom stereocenters. The second-order valence-electron chi connectivity index (χ2n) is 5.84. The zero-order chi connectivity index (χ0) is 18.8. The van der Waals surface area contributed by atoms with Crippen LogP contribution in [0.15, 0.2) is 23.3 Å². The first-order valence-electron chi connectivity index (χ1n) is 8.41. The number of halogens is 4. The number of pyridine rings is 1. The van der Waals surface area contributed by atoms with Crippen LogP contribution in [-0.2, 0) is 11.3 Å². The van der Waals surface area contributed by atoms with E-state index in [9.17, 15) is 13.2 Å². The van der Waals surface area contributed by atoms with Crippen LogP contribution in [0.4, 0.5) is 13.2 Å². The van der Waals surface area contributed by atoms with Crippen LogP contribution in [0, 0.1) is 0 Å². The molecule has 154 valence electrons. The molecular formula is C16H25F3IN5O2. The number of nitrogens with two attached hydrogens (primary N) is 1. The Morgan fingerprint density at radius 2 is 2.11 bits per heavy atom. The third-order valence-corrected chi connectivity index (χ3v) is 3.68. The van der Waals surface area contributed by atoms with Gasteiger partial charge in [0.2, 0.25) is 5.88 Å². The second-order valence-corrected chi connectivity index (χ2v) is 5.84. The van der Waals surface area contributed by atoms with Crippen LogP contribution >= 0.6 is 24.0 Å². The molecule has 0 amide bonds. The Labute approximate surface area is 173 Å². The highest BCUT2D eigenvalue weighted by Gasteiger charge is 2.28. The molecule has 7 nitrogen and oxygen atoms in total. The third kappa shape index (κ3) is 10.5. The predicted molar refractivity (Wildman–Crippen MR) is 106 cm³/mol. The van der Waals surface area contributed by atoms with E-state index in [2.05, 4.69) is 24.9 Å². The molecule has 0 bridgehead atoms. The van der Waals surface area contributed by atoms with Crippen LogP contribution in [0.5, 0.6) is 5.88 Å². The molecule has 2 rings (SSSR count). The average Bonchev–Trinajstić information content (AvgIpc) is 2.62. The molecule has 0 unspecified atom stereocenters. The van der Waals surface area contributed by atoms with E-state index in [1.165, 1.54) is 12.3 Å². The summed E-state index contributed by atoms with van der Waals surface area (Å²) in [5, 5.41) is 3.03. The quantitative estimate of drug-likeness (QED) is 0.244. The predicted octanol–water partition coefficient (Wildman–Crippen LogP) is 1.77. The molecule has 0 aromatic carbocycles. The Morgan fingerprint density at radius 1 is 1.37 bits per heavy atom. The van der Waals surface area contributed by atoms with Gasteiger partial charge in [0.15, 0.2) is 12.6 Å². The van der Waals surface area contributed by atoms with Crippen LogP contribution in [0.25, 0.3) is 0 Å². The summed E-state index contributed by atoms with van der Waals surface area (Å²) in [6.07, 6.45) is -2.09. The van der Waals surface area contributed by atoms with Gasteiger partial charge in [-0.3, -0.25) is 4.90 Å². The molecular weight excluding hydrogens is 478 g/mol. The summed E-state index contributed by atoms with van der Waals surface area (Å²) in [5.74, 6) is 0.202. The molecule has 27 heavy (non-hydrogen) atoms. The molecule has 1 aromatic heterocycles. The minimum atomic E-state index is -4.40. The zero-order valence-electron chi connectivity index (χ0n) is 14.9. The molecule has 1 fully saturated rings. The number of aromatic nitrogens is 1. The number of ether oxygens (including phenoxy) is 2. The maximum atomic E-state index is 12.2. The topological polar surface area (TPSA) is 85.0 Å². The van der Waals surface area contributed by atoms with Crippen molar-refractivity contribution in [2.45, 2.75) is 19.1 Å². The van der Waals surface area contributed by atoms with Crippen LogP contribution in [0.2, 0.25) is 0 Å². The fourth-order valence-corrected chi connectivity index (χ4v) is 2.36. The maximum absolute atomic E-state index is 12.2. The first kappa shape index (κ1) is 23.7. The number of aliphatic imine (C=N–C) groups is 1. The van der Waals surface area contributed by atoms with Crippen molar-refractivity contribution in [3.05, 3.63) is 23.9 Å². The van der Waals surface area contributed by atoms with Gasteiger partial charge in [-0.15, -0.1) is 24.0 Å². The summed E-state index contributed by atoms with van der Waals surface area (Å²) >= 11 is 0. The second kappa shape index (κ2) is 12.2. The normalized spacial score (nSPS) is 15.9. The first-order chi connectivity index (χ1) is 12.4. The summed E-state index contributed by atoms with van der Waals surface area (Å²) in [6, 6.07) is 3.07. The minimum Gasteiger partial charge on any atom is -0.468 e. The highest BCUT2D eigenvalue weighted by molar-refractivity contribution is 14.0. The van der Waals surface area contributed by atoms with E-state index in [0.717, 1.165) is 39.3 Å². The average molecular weight is 503 g/mol. The lowest BCUT2D eigenvalue weighted by Crippen LogP contribution is -2.39. The highest BCUT2D eigenvalue weighted by atomic mass is 127. The lowest BCUT2D eigenvalue weighted by molar-refractivity contribution is -0.154. The van der Waals surface area contributed by atoms with Crippen molar-refractivity contribution in [1.82, 2.24) is 15.2 Å². The summed E-state index contributed by atoms with van der Waals surface area (Å²) < 4.78 is 46.4. The SMILES string of the molecule is I.NC(=NCc1ccnc(OCC(F)(F)F)c1)NCCCN1CCOCC1. The summed E-state index contributed by atoms with van der Waals surface area (Å²) in [7, 11) is 0. The van der Waals surface area contributed by atoms with Gasteiger partial charge in [0, 0.05) is 31.9 Å². The lowest BCUT2D eigenvalue weighted by Gasteiger charge is -2.26. The van der Waals surface area contributed by atoms with Crippen molar-refractivity contribution in [3.63, 3.8) is 0 Å². The molecule has 0 spiro atoms. The lowest BCUT2D eigenvalue weighted by atomic mass is 10.3. The molecule has 0 radical (unpaired) electrons. The van der Waals surface area contributed by atoms with Crippen molar-refractivity contribution < 1.29 is 22.6 Å². The molecule has 11 heteroatoms. The van der Waals surface area contributed by atoms with E-state index < -0.39 is 12.8 Å². The van der Waals surface area contributed by atoms with Gasteiger partial charge in [-0.05, 0) is 24.6 Å². The molecule has 0 saturated carbocycles. The van der Waals surface area contributed by atoms with Crippen molar-refractivity contribution >= 4 is 29.9 Å². The molecule has 1 saturated heterocycles. The minimum absolute atomic E-state index is 0. The van der Waals surface area contributed by atoms with Crippen LogP contribution in [0.1, 0.15) is 12.0 Å². The highest BCUT2D eigenvalue weighted by Crippen LogP contribution is 2.17. The van der Waals surface area contributed by atoms with Gasteiger partial charge in [0.05, 0.1) is 19.8 Å². The van der Waals surface area contributed by atoms with Gasteiger partial charge in [0.25, 0.3) is 0 Å². The van der Waals surface area contributed by atoms with Crippen molar-refractivity contribution in [2.75, 3.05) is 46.0 Å². The number of hydrogen-bond donors (Lipinski definition) is 2. The summed E-state index contributed by atoms with van der Waals surface area (Å²) in [4.78, 5) is 10.2. The van der Waals surface area contributed by atoms with Gasteiger partial charge in [-0.25, -0.2) is 9.98 Å². The number of guanidine groups is 1. The fourth-order valence-electron chi connectivity index (χ4n) is 2.36. The van der Waals surface area contributed by atoms with Crippen LogP contribution < -0.4 is 15.8 Å². The Morgan fingerprint density at radius 3 is 2.81 bits per heavy atom. The largest absolute Gasteiger partial charge is 0.468 e. The number of rotatable bonds is 8. The van der Waals surface area contributed by atoms with Gasteiger partial charge in [-0.1, -0.05) is 0 Å². The third-order valence-electron chi connectivity index (χ3n) is 3.68. The first-order valence-corrected chi connectivity index (χ1v) is 8.41. The van der Waals surface area contributed by atoms with E-state index in [0.29, 0.717) is 18.1 Å². The Balaban J connectivity index is 0.00000364. The van der Waals surface area contributed by atoms with E-state index in [4.69, 9.17) is 10.5 Å². The summed E-state index contributed by atoms with van der Waals surface area (Å²) in [5.41, 5.74) is 6.47. The molecule has 2 heterocycles. The Kier molecular flexibility index (Phi) is 10.7. The smallest absolute Gasteiger partial charge is 0.422 e. The summed E-state index contributed by atoms with van der Waals surface area (Å²) in [6.45, 7) is 3.97. The van der Waals surface area contributed by atoms with Crippen LogP contribution in [0.3, 0.4) is 0 Å². The monoisotopic (exact) mass is 503 g/mol. The van der Waals surface area contributed by atoms with Gasteiger partial charge in [0.1, 0.15) is 0 Å². The zero-order valence-corrected chi connectivity index (χ0v) is 17.2. The number of hydrogen-bond acceptors (Lipinski definition) is 5. The maximum Gasteiger partial charge on any atom is 0.422 e. The van der Waals surface area contributed by atoms with E-state index in [1.54, 1.807) is 6.07 Å². The Bertz CT molecular complexity index is 583. The van der Waals surface area contributed by atoms with Crippen molar-refractivity contribution in [3.8, 4) is 5.88 Å². The number of nitrogens with zero attached hydrogens (tertiary/aromatic N) is 3. The standard InChI is InChI=1S/C16H24F3N5O2.HI/c17-16(18,19)12-26-14-10-13(2-4-21-14)11-23-15(20)22-3-1-5-24-6-8-25-9-7-24;/h2,4,10H,1,3,5-9,11-12H2,(H3,20,22,23);1H. The van der Waals surface area contributed by atoms with Gasteiger partial charge >= 0.3 is 6.18 Å². The Hall–Kier alpha value is -1.34. The number of morpholine rings is 1. The molecule has 1 aromatic rings. The van der Waals surface area contributed by atoms with Crippen molar-refractivity contribution in [2.24, 2.45) is 10.7 Å². The van der Waals surface area contributed by atoms with Gasteiger partial charge in [-0.2, -0.15) is 13.2 Å². The van der Waals surface area contributed by atoms with E-state index in [-0.39, 0.29) is 36.4 Å². The molecule has 0 aliphatic carbocycles. The van der Waals surface area contributed by atoms with Gasteiger partial charge < -0.3 is 20.5 Å². The van der Waals surface area contributed by atoms with Crippen molar-refractivity contribution in [1.29, 1.82) is 0 Å². The van der Waals surface area contributed by atoms with E-state index in [1.807, 2.05) is 0 Å². The fraction of sp³-hybridized carbons (Fsp3) is 0.625. The molecule has 1 aliphatic rings. The van der Waals surface area contributed by atoms with Crippen LogP contribution in [-0.4, -0.2) is 68.0 Å². The molecule has 1 aliphatic heterocycles. The molecule has 3 N–H and O–H groups in total. The number of nitrogens with one attached hydrogen (secondary N) is 1.